The van der Waals surface area contributed by atoms with Crippen LogP contribution in [0.5, 0.6) is 17.2 Å². The molecule has 8 nitrogen and oxygen atoms in total. The van der Waals surface area contributed by atoms with Gasteiger partial charge in [-0.05, 0) is 42.8 Å². The van der Waals surface area contributed by atoms with E-state index >= 15 is 0 Å². The molecule has 2 N–H and O–H groups in total. The lowest BCUT2D eigenvalue weighted by molar-refractivity contribution is -0.132. The molecular formula is C24H20ClNO7. The summed E-state index contributed by atoms with van der Waals surface area (Å²) in [6, 6.07) is 9.53. The van der Waals surface area contributed by atoms with Gasteiger partial charge in [0.1, 0.15) is 34.8 Å². The summed E-state index contributed by atoms with van der Waals surface area (Å²) in [7, 11) is 2.81. The topological polar surface area (TPSA) is 109 Å². The van der Waals surface area contributed by atoms with Crippen LogP contribution in [0.1, 0.15) is 22.9 Å². The number of methoxy groups -OCH3 is 2. The Morgan fingerprint density at radius 1 is 1.09 bits per heavy atom. The number of furan rings is 1. The first-order chi connectivity index (χ1) is 15.8. The molecule has 4 rings (SSSR count). The molecule has 1 atom stereocenters. The molecule has 0 spiro atoms. The first-order valence-corrected chi connectivity index (χ1v) is 10.2. The summed E-state index contributed by atoms with van der Waals surface area (Å²) in [5.41, 5.74) is 0.713. The number of ether oxygens (including phenoxy) is 2. The van der Waals surface area contributed by atoms with E-state index in [1.165, 1.54) is 38.7 Å². The van der Waals surface area contributed by atoms with Crippen molar-refractivity contribution < 1.29 is 33.7 Å². The number of hydrogen-bond donors (Lipinski definition) is 2. The number of carbonyl (C=O) groups excluding carboxylic acids is 2. The smallest absolute Gasteiger partial charge is 0.300 e. The van der Waals surface area contributed by atoms with Crippen LogP contribution >= 0.6 is 11.6 Å². The second-order valence-corrected chi connectivity index (χ2v) is 7.77. The number of ketones is 1. The van der Waals surface area contributed by atoms with Gasteiger partial charge < -0.3 is 24.1 Å². The van der Waals surface area contributed by atoms with E-state index in [0.29, 0.717) is 5.75 Å². The molecule has 2 aromatic carbocycles. The minimum absolute atomic E-state index is 0.0892. The van der Waals surface area contributed by atoms with Gasteiger partial charge in [-0.1, -0.05) is 17.7 Å². The van der Waals surface area contributed by atoms with Crippen LogP contribution in [-0.4, -0.2) is 36.1 Å². The molecule has 0 bridgehead atoms. The number of anilines is 1. The zero-order valence-corrected chi connectivity index (χ0v) is 18.7. The van der Waals surface area contributed by atoms with Gasteiger partial charge >= 0.3 is 0 Å². The molecule has 1 fully saturated rings. The fourth-order valence-electron chi connectivity index (χ4n) is 3.81. The summed E-state index contributed by atoms with van der Waals surface area (Å²) in [5.74, 6) is -1.90. The van der Waals surface area contributed by atoms with Crippen LogP contribution < -0.4 is 14.4 Å². The molecule has 33 heavy (non-hydrogen) atoms. The number of amides is 1. The molecule has 0 saturated carbocycles. The van der Waals surface area contributed by atoms with E-state index in [0.717, 1.165) is 10.5 Å². The number of nitrogens with zero attached hydrogens (tertiary/aromatic N) is 1. The number of carbonyl (C=O) groups is 2. The molecule has 2 heterocycles. The van der Waals surface area contributed by atoms with Crippen LogP contribution in [0, 0.1) is 6.92 Å². The second kappa shape index (κ2) is 8.55. The quantitative estimate of drug-likeness (QED) is 0.319. The van der Waals surface area contributed by atoms with Crippen molar-refractivity contribution in [3.05, 3.63) is 76.2 Å². The van der Waals surface area contributed by atoms with E-state index in [9.17, 15) is 19.8 Å². The highest BCUT2D eigenvalue weighted by molar-refractivity contribution is 6.52. The maximum Gasteiger partial charge on any atom is 0.300 e. The Morgan fingerprint density at radius 2 is 1.82 bits per heavy atom. The lowest BCUT2D eigenvalue weighted by Gasteiger charge is -2.24. The highest BCUT2D eigenvalue weighted by Gasteiger charge is 2.49. The lowest BCUT2D eigenvalue weighted by atomic mass is 9.98. The second-order valence-electron chi connectivity index (χ2n) is 7.36. The van der Waals surface area contributed by atoms with Crippen molar-refractivity contribution in [2.24, 2.45) is 0 Å². The number of aliphatic hydroxyl groups is 1. The maximum absolute atomic E-state index is 13.2. The number of Topliss-reactive ketones (excluding diaryl/α,β-unsaturated/α-hetero) is 1. The normalized spacial score (nSPS) is 17.5. The fraction of sp³-hybridized carbons (Fsp3) is 0.167. The molecule has 1 aliphatic heterocycles. The molecular weight excluding hydrogens is 450 g/mol. The van der Waals surface area contributed by atoms with Gasteiger partial charge in [0, 0.05) is 6.07 Å². The van der Waals surface area contributed by atoms with Crippen molar-refractivity contribution >= 4 is 34.7 Å². The Kier molecular flexibility index (Phi) is 5.78. The number of aryl methyl sites for hydroxylation is 1. The van der Waals surface area contributed by atoms with Crippen molar-refractivity contribution in [1.29, 1.82) is 0 Å². The molecule has 0 aliphatic carbocycles. The number of rotatable bonds is 5. The highest BCUT2D eigenvalue weighted by Crippen LogP contribution is 2.46. The highest BCUT2D eigenvalue weighted by atomic mass is 35.5. The Morgan fingerprint density at radius 3 is 2.45 bits per heavy atom. The molecule has 1 amide bonds. The summed E-state index contributed by atoms with van der Waals surface area (Å²) in [5, 5.41) is 21.9. The summed E-state index contributed by atoms with van der Waals surface area (Å²) in [6.45, 7) is 1.78. The lowest BCUT2D eigenvalue weighted by Crippen LogP contribution is -2.29. The van der Waals surface area contributed by atoms with Gasteiger partial charge in [-0.25, -0.2) is 0 Å². The van der Waals surface area contributed by atoms with Crippen LogP contribution in [0.4, 0.5) is 5.69 Å². The van der Waals surface area contributed by atoms with Gasteiger partial charge in [-0.3, -0.25) is 14.5 Å². The van der Waals surface area contributed by atoms with Gasteiger partial charge in [-0.2, -0.15) is 0 Å². The number of phenolic OH excluding ortho intramolecular Hbond substituents is 1. The van der Waals surface area contributed by atoms with E-state index in [2.05, 4.69) is 0 Å². The molecule has 1 aliphatic rings. The predicted molar refractivity (Wildman–Crippen MR) is 121 cm³/mol. The predicted octanol–water partition coefficient (Wildman–Crippen LogP) is 4.59. The Balaban J connectivity index is 1.99. The molecule has 3 aromatic rings. The minimum atomic E-state index is -1.14. The average Bonchev–Trinajstić information content (AvgIpc) is 3.42. The van der Waals surface area contributed by atoms with E-state index in [-0.39, 0.29) is 39.1 Å². The fourth-order valence-corrected chi connectivity index (χ4v) is 4.05. The molecule has 0 radical (unpaired) electrons. The first kappa shape index (κ1) is 22.3. The third kappa shape index (κ3) is 3.68. The standard InChI is InChI=1S/C24H20ClNO7/c1-12-6-7-16(27)15(9-12)26-21(17-5-4-8-33-17)20(23(29)24(26)30)22(28)13-10-14(25)19(32-3)11-18(13)31-2/h4-11,21,27-28H,1-3H3/b22-20-. The van der Waals surface area contributed by atoms with Crippen molar-refractivity contribution in [1.82, 2.24) is 0 Å². The number of phenols is 1. The zero-order chi connectivity index (χ0) is 23.9. The van der Waals surface area contributed by atoms with Crippen molar-refractivity contribution in [3.8, 4) is 17.2 Å². The van der Waals surface area contributed by atoms with Crippen LogP contribution in [0.3, 0.4) is 0 Å². The van der Waals surface area contributed by atoms with Crippen LogP contribution in [0.25, 0.3) is 5.76 Å². The van der Waals surface area contributed by atoms with Crippen LogP contribution in [0.15, 0.2) is 58.7 Å². The zero-order valence-electron chi connectivity index (χ0n) is 18.0. The molecule has 1 unspecified atom stereocenters. The largest absolute Gasteiger partial charge is 0.507 e. The van der Waals surface area contributed by atoms with Gasteiger partial charge in [0.05, 0.1) is 42.3 Å². The average molecular weight is 470 g/mol. The maximum atomic E-state index is 13.2. The Labute approximate surface area is 194 Å². The van der Waals surface area contributed by atoms with E-state index < -0.39 is 23.5 Å². The number of hydrogen-bond acceptors (Lipinski definition) is 7. The van der Waals surface area contributed by atoms with Gasteiger partial charge in [0.15, 0.2) is 0 Å². The van der Waals surface area contributed by atoms with E-state index in [4.69, 9.17) is 25.5 Å². The van der Waals surface area contributed by atoms with Gasteiger partial charge in [0.2, 0.25) is 0 Å². The molecule has 1 aromatic heterocycles. The number of benzene rings is 2. The minimum Gasteiger partial charge on any atom is -0.507 e. The van der Waals surface area contributed by atoms with E-state index in [1.807, 2.05) is 0 Å². The molecule has 1 saturated heterocycles. The van der Waals surface area contributed by atoms with Gasteiger partial charge in [-0.15, -0.1) is 0 Å². The number of halogens is 1. The summed E-state index contributed by atoms with van der Waals surface area (Å²) >= 11 is 6.24. The summed E-state index contributed by atoms with van der Waals surface area (Å²) in [4.78, 5) is 27.4. The van der Waals surface area contributed by atoms with Crippen molar-refractivity contribution in [3.63, 3.8) is 0 Å². The number of aromatic hydroxyl groups is 1. The third-order valence-corrected chi connectivity index (χ3v) is 5.67. The summed E-state index contributed by atoms with van der Waals surface area (Å²) in [6.07, 6.45) is 1.39. The van der Waals surface area contributed by atoms with E-state index in [1.54, 1.807) is 31.2 Å². The number of aliphatic hydroxyl groups excluding tert-OH is 1. The first-order valence-electron chi connectivity index (χ1n) is 9.84. The van der Waals surface area contributed by atoms with Crippen molar-refractivity contribution in [2.75, 3.05) is 19.1 Å². The Hall–Kier alpha value is -3.91. The van der Waals surface area contributed by atoms with Crippen LogP contribution in [-0.2, 0) is 9.59 Å². The summed E-state index contributed by atoms with van der Waals surface area (Å²) < 4.78 is 16.1. The SMILES string of the molecule is COc1cc(OC)c(/C(O)=C2/C(=O)C(=O)N(c3cc(C)ccc3O)C2c2ccco2)cc1Cl. The molecule has 170 valence electrons. The third-order valence-electron chi connectivity index (χ3n) is 5.38. The monoisotopic (exact) mass is 469 g/mol. The molecule has 9 heteroatoms. The Bertz CT molecular complexity index is 1280. The van der Waals surface area contributed by atoms with Gasteiger partial charge in [0.25, 0.3) is 11.7 Å². The van der Waals surface area contributed by atoms with Crippen molar-refractivity contribution in [2.45, 2.75) is 13.0 Å². The van der Waals surface area contributed by atoms with Crippen LogP contribution in [0.2, 0.25) is 5.02 Å².